The lowest BCUT2D eigenvalue weighted by Gasteiger charge is -2.26. The fourth-order valence-electron chi connectivity index (χ4n) is 2.09. The minimum atomic E-state index is -0.391. The third kappa shape index (κ3) is 4.33. The number of rotatable bonds is 5. The molecule has 9 heteroatoms. The second-order valence-electron chi connectivity index (χ2n) is 4.97. The highest BCUT2D eigenvalue weighted by molar-refractivity contribution is 7.99. The predicted molar refractivity (Wildman–Crippen MR) is 86.8 cm³/mol. The number of morpholine rings is 1. The highest BCUT2D eigenvalue weighted by Crippen LogP contribution is 2.17. The molecule has 0 unspecified atom stereocenters. The summed E-state index contributed by atoms with van der Waals surface area (Å²) in [6.45, 7) is 2.42. The second kappa shape index (κ2) is 7.93. The Bertz CT molecular complexity index is 684. The van der Waals surface area contributed by atoms with Gasteiger partial charge in [0, 0.05) is 13.1 Å². The molecule has 0 aromatic carbocycles. The van der Waals surface area contributed by atoms with E-state index in [1.165, 1.54) is 18.0 Å². The Kier molecular flexibility index (Phi) is 5.44. The average Bonchev–Trinajstić information content (AvgIpc) is 3.16. The molecule has 126 valence electrons. The van der Waals surface area contributed by atoms with Crippen LogP contribution in [0.4, 0.5) is 5.82 Å². The van der Waals surface area contributed by atoms with Gasteiger partial charge in [-0.3, -0.25) is 9.59 Å². The summed E-state index contributed by atoms with van der Waals surface area (Å²) in [6.07, 6.45) is 1.42. The minimum Gasteiger partial charge on any atom is -0.459 e. The predicted octanol–water partition coefficient (Wildman–Crippen LogP) is 1.27. The number of nitrogens with one attached hydrogen (secondary N) is 1. The van der Waals surface area contributed by atoms with Crippen molar-refractivity contribution in [3.8, 4) is 0 Å². The highest BCUT2D eigenvalue weighted by Gasteiger charge is 2.17. The first-order valence-electron chi connectivity index (χ1n) is 7.39. The summed E-state index contributed by atoms with van der Waals surface area (Å²) >= 11 is 1.31. The molecule has 3 heterocycles. The molecule has 24 heavy (non-hydrogen) atoms. The zero-order valence-corrected chi connectivity index (χ0v) is 13.6. The van der Waals surface area contributed by atoms with Crippen molar-refractivity contribution < 1.29 is 18.7 Å². The van der Waals surface area contributed by atoms with Crippen LogP contribution >= 0.6 is 11.8 Å². The third-order valence-electron chi connectivity index (χ3n) is 3.33. The molecule has 2 amide bonds. The van der Waals surface area contributed by atoms with E-state index in [9.17, 15) is 9.59 Å². The molecule has 8 nitrogen and oxygen atoms in total. The van der Waals surface area contributed by atoms with Crippen LogP contribution in [0.15, 0.2) is 40.0 Å². The SMILES string of the molecule is O=C(Nc1ccc(SCC(=O)N2CCOCC2)nn1)c1ccco1. The number of amides is 2. The van der Waals surface area contributed by atoms with Gasteiger partial charge in [-0.15, -0.1) is 10.2 Å². The van der Waals surface area contributed by atoms with Gasteiger partial charge in [-0.05, 0) is 24.3 Å². The van der Waals surface area contributed by atoms with Crippen LogP contribution in [-0.2, 0) is 9.53 Å². The van der Waals surface area contributed by atoms with E-state index in [4.69, 9.17) is 9.15 Å². The van der Waals surface area contributed by atoms with Crippen molar-refractivity contribution in [3.63, 3.8) is 0 Å². The first-order chi connectivity index (χ1) is 11.7. The molecule has 0 radical (unpaired) electrons. The number of aromatic nitrogens is 2. The summed E-state index contributed by atoms with van der Waals surface area (Å²) in [7, 11) is 0. The zero-order valence-electron chi connectivity index (χ0n) is 12.8. The van der Waals surface area contributed by atoms with E-state index in [0.717, 1.165) is 0 Å². The maximum atomic E-state index is 12.0. The molecular weight excluding hydrogens is 332 g/mol. The van der Waals surface area contributed by atoms with Crippen molar-refractivity contribution in [3.05, 3.63) is 36.3 Å². The van der Waals surface area contributed by atoms with Crippen LogP contribution in [0.2, 0.25) is 0 Å². The van der Waals surface area contributed by atoms with Crippen molar-refractivity contribution in [2.45, 2.75) is 5.03 Å². The Labute approximate surface area is 142 Å². The summed E-state index contributed by atoms with van der Waals surface area (Å²) in [5.41, 5.74) is 0. The molecule has 0 spiro atoms. The van der Waals surface area contributed by atoms with Gasteiger partial charge in [0.1, 0.15) is 5.03 Å². The molecule has 3 rings (SSSR count). The van der Waals surface area contributed by atoms with Crippen molar-refractivity contribution in [1.29, 1.82) is 0 Å². The van der Waals surface area contributed by atoms with Gasteiger partial charge in [0.25, 0.3) is 5.91 Å². The number of carbonyl (C=O) groups excluding carboxylic acids is 2. The van der Waals surface area contributed by atoms with Gasteiger partial charge in [0.05, 0.1) is 25.2 Å². The van der Waals surface area contributed by atoms with Crippen LogP contribution in [0.25, 0.3) is 0 Å². The maximum Gasteiger partial charge on any atom is 0.292 e. The van der Waals surface area contributed by atoms with Crippen LogP contribution in [0.3, 0.4) is 0 Å². The lowest BCUT2D eigenvalue weighted by molar-refractivity contribution is -0.132. The molecule has 1 fully saturated rings. The van der Waals surface area contributed by atoms with Crippen LogP contribution in [0.5, 0.6) is 0 Å². The van der Waals surface area contributed by atoms with Crippen molar-refractivity contribution in [2.75, 3.05) is 37.4 Å². The number of carbonyl (C=O) groups is 2. The first kappa shape index (κ1) is 16.5. The highest BCUT2D eigenvalue weighted by atomic mass is 32.2. The molecule has 0 atom stereocenters. The van der Waals surface area contributed by atoms with Gasteiger partial charge >= 0.3 is 0 Å². The van der Waals surface area contributed by atoms with Crippen molar-refractivity contribution in [1.82, 2.24) is 15.1 Å². The summed E-state index contributed by atoms with van der Waals surface area (Å²) < 4.78 is 10.2. The number of anilines is 1. The van der Waals surface area contributed by atoms with Crippen molar-refractivity contribution >= 4 is 29.4 Å². The van der Waals surface area contributed by atoms with Crippen LogP contribution in [0, 0.1) is 0 Å². The van der Waals surface area contributed by atoms with E-state index in [-0.39, 0.29) is 11.7 Å². The number of hydrogen-bond donors (Lipinski definition) is 1. The summed E-state index contributed by atoms with van der Waals surface area (Å²) in [5, 5.41) is 11.1. The van der Waals surface area contributed by atoms with Crippen LogP contribution in [0.1, 0.15) is 10.6 Å². The number of ether oxygens (including phenoxy) is 1. The lowest BCUT2D eigenvalue weighted by Crippen LogP contribution is -2.41. The fourth-order valence-corrected chi connectivity index (χ4v) is 2.81. The molecule has 0 bridgehead atoms. The molecule has 0 aliphatic carbocycles. The molecule has 1 N–H and O–H groups in total. The number of hydrogen-bond acceptors (Lipinski definition) is 7. The Morgan fingerprint density at radius 3 is 2.71 bits per heavy atom. The Morgan fingerprint density at radius 2 is 2.04 bits per heavy atom. The molecule has 1 aliphatic rings. The first-order valence-corrected chi connectivity index (χ1v) is 8.38. The molecule has 2 aromatic rings. The van der Waals surface area contributed by atoms with E-state index in [0.29, 0.717) is 42.9 Å². The van der Waals surface area contributed by atoms with Gasteiger partial charge < -0.3 is 19.4 Å². The van der Waals surface area contributed by atoms with E-state index in [1.54, 1.807) is 29.2 Å². The van der Waals surface area contributed by atoms with Gasteiger partial charge in [-0.25, -0.2) is 0 Å². The van der Waals surface area contributed by atoms with Crippen LogP contribution < -0.4 is 5.32 Å². The summed E-state index contributed by atoms with van der Waals surface area (Å²) in [5.74, 6) is 0.483. The fraction of sp³-hybridized carbons (Fsp3) is 0.333. The van der Waals surface area contributed by atoms with Gasteiger partial charge in [-0.2, -0.15) is 0 Å². The third-order valence-corrected chi connectivity index (χ3v) is 4.24. The van der Waals surface area contributed by atoms with E-state index < -0.39 is 5.91 Å². The minimum absolute atomic E-state index is 0.0558. The van der Waals surface area contributed by atoms with Gasteiger partial charge in [0.15, 0.2) is 11.6 Å². The van der Waals surface area contributed by atoms with Crippen molar-refractivity contribution in [2.24, 2.45) is 0 Å². The van der Waals surface area contributed by atoms with Gasteiger partial charge in [0.2, 0.25) is 5.91 Å². The summed E-state index contributed by atoms with van der Waals surface area (Å²) in [6, 6.07) is 6.54. The van der Waals surface area contributed by atoms with Crippen LogP contribution in [-0.4, -0.2) is 59.0 Å². The Morgan fingerprint density at radius 1 is 1.21 bits per heavy atom. The monoisotopic (exact) mass is 348 g/mol. The number of nitrogens with zero attached hydrogens (tertiary/aromatic N) is 3. The zero-order chi connectivity index (χ0) is 16.8. The molecule has 0 saturated carbocycles. The topological polar surface area (TPSA) is 97.6 Å². The van der Waals surface area contributed by atoms with Gasteiger partial charge in [-0.1, -0.05) is 11.8 Å². The average molecular weight is 348 g/mol. The standard InChI is InChI=1S/C15H16N4O4S/c20-14(19-5-8-22-9-6-19)10-24-13-4-3-12(17-18-13)16-15(21)11-2-1-7-23-11/h1-4,7H,5-6,8-10H2,(H,16,17,21). The van der Waals surface area contributed by atoms with E-state index in [2.05, 4.69) is 15.5 Å². The number of furan rings is 1. The number of thioether (sulfide) groups is 1. The van der Waals surface area contributed by atoms with E-state index >= 15 is 0 Å². The lowest BCUT2D eigenvalue weighted by atomic mass is 10.4. The molecular formula is C15H16N4O4S. The largest absolute Gasteiger partial charge is 0.459 e. The Balaban J connectivity index is 1.49. The second-order valence-corrected chi connectivity index (χ2v) is 5.97. The molecule has 1 saturated heterocycles. The summed E-state index contributed by atoms with van der Waals surface area (Å²) in [4.78, 5) is 25.6. The maximum absolute atomic E-state index is 12.0. The normalized spacial score (nSPS) is 14.4. The smallest absolute Gasteiger partial charge is 0.292 e. The van der Waals surface area contributed by atoms with E-state index in [1.807, 2.05) is 0 Å². The Hall–Kier alpha value is -2.39. The molecule has 1 aliphatic heterocycles. The molecule has 2 aromatic heterocycles. The quantitative estimate of drug-likeness (QED) is 0.813.